The average Bonchev–Trinajstić information content (AvgIpc) is 0.770. The molecule has 104 heavy (non-hydrogen) atoms. The van der Waals surface area contributed by atoms with Gasteiger partial charge in [-0.2, -0.15) is 0 Å². The number of ketones is 4. The first kappa shape index (κ1) is 85.4. The molecule has 0 unspecified atom stereocenters. The number of Topliss-reactive ketones (excluding diaryl/α,β-unsaturated/α-hetero) is 4. The molecule has 22 heteroatoms. The molecule has 4 aromatic carbocycles. The maximum atomic E-state index is 14.9. The fraction of sp³-hybridized carbons (Fsp3) is 0.549. The Hall–Kier alpha value is -9.21. The van der Waals surface area contributed by atoms with Crippen LogP contribution >= 0.6 is 0 Å². The third kappa shape index (κ3) is 29.9. The minimum absolute atomic E-state index is 0.0000565. The minimum Gasteiger partial charge on any atom is -0.493 e. The number of ether oxygens (including phenoxy) is 11. The largest absolute Gasteiger partial charge is 0.493 e. The molecule has 0 heterocycles. The van der Waals surface area contributed by atoms with E-state index in [2.05, 4.69) is 6.58 Å². The van der Waals surface area contributed by atoms with Gasteiger partial charge in [-0.15, -0.1) is 0 Å². The Kier molecular flexibility index (Phi) is 39.4. The van der Waals surface area contributed by atoms with Crippen LogP contribution in [0.2, 0.25) is 0 Å². The van der Waals surface area contributed by atoms with Gasteiger partial charge in [0.2, 0.25) is 0 Å². The van der Waals surface area contributed by atoms with Crippen LogP contribution in [-0.2, 0) is 92.4 Å². The Balaban J connectivity index is 1.96. The molecular weight excluding hydrogens is 1340 g/mol. The summed E-state index contributed by atoms with van der Waals surface area (Å²) in [5.41, 5.74) is 5.34. The van der Waals surface area contributed by atoms with Crippen LogP contribution in [0, 0.1) is 0 Å². The number of hydrogen-bond acceptors (Lipinski definition) is 22. The van der Waals surface area contributed by atoms with E-state index in [1.165, 1.54) is 0 Å². The summed E-state index contributed by atoms with van der Waals surface area (Å²) >= 11 is 0. The quantitative estimate of drug-likeness (QED) is 0.00872. The Morgan fingerprint density at radius 1 is 0.288 bits per heavy atom. The first-order valence-electron chi connectivity index (χ1n) is 37.3. The van der Waals surface area contributed by atoms with Crippen molar-refractivity contribution in [1.29, 1.82) is 0 Å². The first-order valence-corrected chi connectivity index (χ1v) is 37.3. The summed E-state index contributed by atoms with van der Waals surface area (Å²) in [6.07, 6.45) is 9.53. The highest BCUT2D eigenvalue weighted by Crippen LogP contribution is 2.42. The summed E-state index contributed by atoms with van der Waals surface area (Å²) in [5.74, 6) is -4.52. The van der Waals surface area contributed by atoms with Crippen LogP contribution in [0.4, 0.5) is 0 Å². The van der Waals surface area contributed by atoms with Gasteiger partial charge in [-0.25, -0.2) is 4.79 Å². The zero-order valence-electron chi connectivity index (χ0n) is 62.3. The summed E-state index contributed by atoms with van der Waals surface area (Å²) < 4.78 is 64.6. The van der Waals surface area contributed by atoms with E-state index in [0.717, 1.165) is 57.4 Å². The Labute approximate surface area is 612 Å². The lowest BCUT2D eigenvalue weighted by Crippen LogP contribution is -2.16. The van der Waals surface area contributed by atoms with Crippen molar-refractivity contribution < 1.29 is 105 Å². The highest BCUT2D eigenvalue weighted by Gasteiger charge is 2.29. The van der Waals surface area contributed by atoms with Crippen molar-refractivity contribution in [1.82, 2.24) is 0 Å². The Morgan fingerprint density at radius 3 is 0.702 bits per heavy atom. The molecule has 1 aliphatic carbocycles. The highest BCUT2D eigenvalue weighted by molar-refractivity contribution is 5.99. The van der Waals surface area contributed by atoms with Gasteiger partial charge in [-0.3, -0.25) is 47.9 Å². The van der Waals surface area contributed by atoms with Crippen LogP contribution in [0.25, 0.3) is 0 Å². The van der Waals surface area contributed by atoms with Crippen molar-refractivity contribution in [3.8, 4) is 23.0 Å². The molecule has 0 radical (unpaired) electrons. The lowest BCUT2D eigenvalue weighted by molar-refractivity contribution is -0.156. The second-order valence-corrected chi connectivity index (χ2v) is 25.5. The third-order valence-corrected chi connectivity index (χ3v) is 16.9. The number of benzene rings is 4. The maximum absolute atomic E-state index is 14.9. The predicted molar refractivity (Wildman–Crippen MR) is 389 cm³/mol. The van der Waals surface area contributed by atoms with E-state index in [4.69, 9.17) is 52.1 Å². The topological polar surface area (TPSA) is 289 Å². The summed E-state index contributed by atoms with van der Waals surface area (Å²) in [6, 6.07) is 14.2. The fourth-order valence-electron chi connectivity index (χ4n) is 11.9. The van der Waals surface area contributed by atoms with Gasteiger partial charge in [0.15, 0.2) is 23.1 Å². The number of carbonyl (C=O) groups is 11. The molecule has 8 bridgehead atoms. The molecule has 0 N–H and O–H groups in total. The summed E-state index contributed by atoms with van der Waals surface area (Å²) in [5, 5.41) is 0. The van der Waals surface area contributed by atoms with Gasteiger partial charge in [0, 0.05) is 105 Å². The molecule has 0 aromatic heterocycles. The van der Waals surface area contributed by atoms with Gasteiger partial charge in [0.25, 0.3) is 0 Å². The molecule has 4 aromatic rings. The van der Waals surface area contributed by atoms with E-state index in [9.17, 15) is 52.7 Å². The number of hydrogen-bond donors (Lipinski definition) is 0. The van der Waals surface area contributed by atoms with Crippen molar-refractivity contribution >= 4 is 64.9 Å². The lowest BCUT2D eigenvalue weighted by atomic mass is 9.86. The van der Waals surface area contributed by atoms with Gasteiger partial charge >= 0.3 is 41.8 Å². The Morgan fingerprint density at radius 2 is 0.500 bits per heavy atom. The highest BCUT2D eigenvalue weighted by atomic mass is 16.6. The molecular formula is C82H108O22. The van der Waals surface area contributed by atoms with Crippen molar-refractivity contribution in [2.24, 2.45) is 0 Å². The van der Waals surface area contributed by atoms with E-state index < -0.39 is 61.0 Å². The van der Waals surface area contributed by atoms with E-state index in [0.29, 0.717) is 115 Å². The van der Waals surface area contributed by atoms with Crippen LogP contribution in [0.5, 0.6) is 23.0 Å². The van der Waals surface area contributed by atoms with Crippen LogP contribution in [0.3, 0.4) is 0 Å². The van der Waals surface area contributed by atoms with Crippen molar-refractivity contribution in [3.63, 3.8) is 0 Å². The fourth-order valence-corrected chi connectivity index (χ4v) is 11.9. The maximum Gasteiger partial charge on any atom is 0.330 e. The van der Waals surface area contributed by atoms with Crippen molar-refractivity contribution in [3.05, 3.63) is 128 Å². The second-order valence-electron chi connectivity index (χ2n) is 25.5. The average molecular weight is 1450 g/mol. The lowest BCUT2D eigenvalue weighted by Gasteiger charge is -2.25. The minimum atomic E-state index is -0.792. The number of carbonyl (C=O) groups excluding carboxylic acids is 11. The smallest absolute Gasteiger partial charge is 0.330 e. The molecule has 0 aliphatic heterocycles. The normalized spacial score (nSPS) is 11.5. The summed E-state index contributed by atoms with van der Waals surface area (Å²) in [4.78, 5) is 147. The van der Waals surface area contributed by atoms with Gasteiger partial charge in [0.05, 0.1) is 72.7 Å². The van der Waals surface area contributed by atoms with Gasteiger partial charge in [-0.05, 0) is 139 Å². The predicted octanol–water partition coefficient (Wildman–Crippen LogP) is 14.7. The SMILES string of the molecule is C=CC(=O)OCCCOc1c2cc(C(=O)CCCCC)cc1Cc1cc(C(=O)CCCCC)cc(c1OCCCOC(=O)CC(=O)OCC)Cc1cc(C(=O)CCCCC)cc(c1OCCCOC(=O)CC(=O)OCC)Cc1cc(C(=O)CCCCC)cc(c1OCCCOC(=O)CC(=O)OCC)C2. The van der Waals surface area contributed by atoms with Crippen LogP contribution in [0.1, 0.15) is 282 Å². The molecule has 0 amide bonds. The van der Waals surface area contributed by atoms with Crippen molar-refractivity contribution in [2.75, 3.05) is 72.7 Å². The first-order chi connectivity index (χ1) is 50.3. The number of rotatable bonds is 50. The summed E-state index contributed by atoms with van der Waals surface area (Å²) in [7, 11) is 0. The molecule has 1 aliphatic rings. The molecule has 5 rings (SSSR count). The van der Waals surface area contributed by atoms with E-state index in [-0.39, 0.29) is 173 Å². The standard InChI is InChI=1S/C82H108O22/c1-9-17-21-29-68(83)56-41-60-49-62-43-57(69(84)30-22-18-10-2)45-64(80(62)102-38-26-34-98-76(91)53-73(88)94-14-6)51-66-47-59(71(86)32-24-20-12-4)48-67(82(66)104-40-28-36-100-78(93)55-75(90)96-16-8)52-65-46-58(70(85)31-23-19-11-3)44-63(50-61(42-56)79(60)101-37-25-33-97-72(87)13-5)81(65)103-39-27-35-99-77(92)54-74(89)95-15-7/h13,41-48H,5,9-12,14-40,49-55H2,1-4,6-8H3. The van der Waals surface area contributed by atoms with Gasteiger partial charge in [0.1, 0.15) is 42.3 Å². The number of fused-ring (bicyclic) bond motifs is 8. The molecule has 22 nitrogen and oxygen atoms in total. The second kappa shape index (κ2) is 47.9. The zero-order chi connectivity index (χ0) is 75.6. The molecule has 0 saturated heterocycles. The van der Waals surface area contributed by atoms with E-state index in [1.807, 2.05) is 27.7 Å². The molecule has 0 saturated carbocycles. The molecule has 0 atom stereocenters. The van der Waals surface area contributed by atoms with E-state index >= 15 is 0 Å². The van der Waals surface area contributed by atoms with Crippen LogP contribution in [-0.4, -0.2) is 138 Å². The van der Waals surface area contributed by atoms with Gasteiger partial charge in [-0.1, -0.05) is 85.6 Å². The molecule has 0 spiro atoms. The number of esters is 7. The number of unbranched alkanes of at least 4 members (excludes halogenated alkanes) is 8. The summed E-state index contributed by atoms with van der Waals surface area (Å²) in [6.45, 7) is 16.2. The third-order valence-electron chi connectivity index (χ3n) is 16.9. The van der Waals surface area contributed by atoms with E-state index in [1.54, 1.807) is 69.3 Å². The molecule has 0 fully saturated rings. The van der Waals surface area contributed by atoms with Gasteiger partial charge < -0.3 is 52.1 Å². The molecule has 568 valence electrons. The van der Waals surface area contributed by atoms with Crippen molar-refractivity contribution in [2.45, 2.75) is 222 Å². The van der Waals surface area contributed by atoms with Crippen LogP contribution < -0.4 is 18.9 Å². The monoisotopic (exact) mass is 1440 g/mol. The Bertz CT molecular complexity index is 3380. The van der Waals surface area contributed by atoms with Crippen LogP contribution in [0.15, 0.2) is 61.2 Å². The zero-order valence-corrected chi connectivity index (χ0v) is 62.3.